The lowest BCUT2D eigenvalue weighted by molar-refractivity contribution is -0.134. The lowest BCUT2D eigenvalue weighted by Crippen LogP contribution is -2.46. The molecular weight excluding hydrogens is 280 g/mol. The van der Waals surface area contributed by atoms with Crippen LogP contribution in [0.4, 0.5) is 0 Å². The molecule has 0 aromatic carbocycles. The van der Waals surface area contributed by atoms with Crippen molar-refractivity contribution < 1.29 is 4.79 Å². The first kappa shape index (κ1) is 15.0. The first-order chi connectivity index (χ1) is 10.3. The Bertz CT molecular complexity index is 459. The molecule has 0 bridgehead atoms. The Balaban J connectivity index is 1.64. The minimum Gasteiger partial charge on any atom is -0.334 e. The van der Waals surface area contributed by atoms with Crippen molar-refractivity contribution >= 4 is 17.2 Å². The number of amides is 1. The Morgan fingerprint density at radius 3 is 2.95 bits per heavy atom. The van der Waals surface area contributed by atoms with Gasteiger partial charge in [-0.1, -0.05) is 19.4 Å². The number of hydrogen-bond donors (Lipinski definition) is 0. The molecule has 2 saturated heterocycles. The van der Waals surface area contributed by atoms with Crippen LogP contribution >= 0.6 is 11.3 Å². The van der Waals surface area contributed by atoms with Gasteiger partial charge in [0.05, 0.1) is 12.6 Å². The standard InChI is InChI=1S/C17H26N2OS/c1-2-14-7-3-4-10-18(14)13-17(20)19-11-5-8-15(19)16-9-6-12-21-16/h6,9,12,14-15H,2-5,7-8,10-11,13H2,1H3. The van der Waals surface area contributed by atoms with Crippen molar-refractivity contribution in [3.63, 3.8) is 0 Å². The van der Waals surface area contributed by atoms with Crippen molar-refractivity contribution in [3.05, 3.63) is 22.4 Å². The number of thiophene rings is 1. The minimum atomic E-state index is 0.336. The van der Waals surface area contributed by atoms with E-state index in [9.17, 15) is 4.79 Å². The fourth-order valence-electron chi connectivity index (χ4n) is 3.84. The fraction of sp³-hybridized carbons (Fsp3) is 0.706. The molecule has 0 N–H and O–H groups in total. The molecular formula is C17H26N2OS. The highest BCUT2D eigenvalue weighted by Crippen LogP contribution is 2.34. The van der Waals surface area contributed by atoms with Gasteiger partial charge >= 0.3 is 0 Å². The van der Waals surface area contributed by atoms with Crippen molar-refractivity contribution in [2.45, 2.75) is 57.5 Å². The SMILES string of the molecule is CCC1CCCCN1CC(=O)N1CCCC1c1cccs1. The Morgan fingerprint density at radius 1 is 1.29 bits per heavy atom. The van der Waals surface area contributed by atoms with E-state index in [0.29, 0.717) is 24.5 Å². The van der Waals surface area contributed by atoms with Crippen LogP contribution in [0.15, 0.2) is 17.5 Å². The predicted octanol–water partition coefficient (Wildman–Crippen LogP) is 3.68. The number of carbonyl (C=O) groups is 1. The summed E-state index contributed by atoms with van der Waals surface area (Å²) in [7, 11) is 0. The molecule has 2 unspecified atom stereocenters. The van der Waals surface area contributed by atoms with E-state index in [1.54, 1.807) is 11.3 Å². The van der Waals surface area contributed by atoms with Gasteiger partial charge in [0, 0.05) is 17.5 Å². The maximum atomic E-state index is 12.8. The van der Waals surface area contributed by atoms with Crippen molar-refractivity contribution in [2.24, 2.45) is 0 Å². The van der Waals surface area contributed by atoms with E-state index in [0.717, 1.165) is 25.9 Å². The molecule has 0 spiro atoms. The van der Waals surface area contributed by atoms with Gasteiger partial charge in [0.15, 0.2) is 0 Å². The molecule has 3 rings (SSSR count). The Hall–Kier alpha value is -0.870. The van der Waals surface area contributed by atoms with Crippen LogP contribution in [0.5, 0.6) is 0 Å². The van der Waals surface area contributed by atoms with E-state index in [4.69, 9.17) is 0 Å². The van der Waals surface area contributed by atoms with Crippen LogP contribution in [0, 0.1) is 0 Å². The largest absolute Gasteiger partial charge is 0.334 e. The molecule has 4 heteroatoms. The van der Waals surface area contributed by atoms with Crippen molar-refractivity contribution in [1.82, 2.24) is 9.80 Å². The summed E-state index contributed by atoms with van der Waals surface area (Å²) < 4.78 is 0. The zero-order valence-corrected chi connectivity index (χ0v) is 13.8. The van der Waals surface area contributed by atoms with Gasteiger partial charge in [0.25, 0.3) is 0 Å². The van der Waals surface area contributed by atoms with Crippen LogP contribution in [0.2, 0.25) is 0 Å². The average Bonchev–Trinajstić information content (AvgIpc) is 3.18. The topological polar surface area (TPSA) is 23.6 Å². The molecule has 2 fully saturated rings. The Labute approximate surface area is 131 Å². The second-order valence-electron chi connectivity index (χ2n) is 6.29. The highest BCUT2D eigenvalue weighted by Gasteiger charge is 2.32. The summed E-state index contributed by atoms with van der Waals surface area (Å²) in [6.45, 7) is 4.91. The van der Waals surface area contributed by atoms with Crippen LogP contribution in [0.25, 0.3) is 0 Å². The molecule has 0 aliphatic carbocycles. The highest BCUT2D eigenvalue weighted by molar-refractivity contribution is 7.10. The summed E-state index contributed by atoms with van der Waals surface area (Å²) in [6, 6.07) is 5.22. The van der Waals surface area contributed by atoms with Crippen LogP contribution in [-0.4, -0.2) is 41.4 Å². The number of carbonyl (C=O) groups excluding carboxylic acids is 1. The summed E-state index contributed by atoms with van der Waals surface area (Å²) in [5.74, 6) is 0.339. The summed E-state index contributed by atoms with van der Waals surface area (Å²) in [5, 5.41) is 2.12. The van der Waals surface area contributed by atoms with Gasteiger partial charge in [-0.05, 0) is 50.1 Å². The third-order valence-corrected chi connectivity index (χ3v) is 5.98. The normalized spacial score (nSPS) is 27.2. The molecule has 0 saturated carbocycles. The monoisotopic (exact) mass is 306 g/mol. The van der Waals surface area contributed by atoms with Gasteiger partial charge in [0.2, 0.25) is 5.91 Å². The number of hydrogen-bond acceptors (Lipinski definition) is 3. The zero-order valence-electron chi connectivity index (χ0n) is 13.0. The van der Waals surface area contributed by atoms with Crippen LogP contribution in [0.1, 0.15) is 56.4 Å². The maximum Gasteiger partial charge on any atom is 0.237 e. The number of rotatable bonds is 4. The quantitative estimate of drug-likeness (QED) is 0.847. The lowest BCUT2D eigenvalue weighted by Gasteiger charge is -2.36. The van der Waals surface area contributed by atoms with Gasteiger partial charge in [-0.3, -0.25) is 9.69 Å². The van der Waals surface area contributed by atoms with Crippen molar-refractivity contribution in [2.75, 3.05) is 19.6 Å². The van der Waals surface area contributed by atoms with E-state index < -0.39 is 0 Å². The van der Waals surface area contributed by atoms with E-state index in [1.165, 1.54) is 30.6 Å². The molecule has 2 aliphatic rings. The van der Waals surface area contributed by atoms with E-state index in [1.807, 2.05) is 0 Å². The van der Waals surface area contributed by atoms with E-state index in [2.05, 4.69) is 34.2 Å². The van der Waals surface area contributed by atoms with Crippen molar-refractivity contribution in [3.8, 4) is 0 Å². The zero-order chi connectivity index (χ0) is 14.7. The Kier molecular flexibility index (Phi) is 4.96. The number of nitrogens with zero attached hydrogens (tertiary/aromatic N) is 2. The average molecular weight is 306 g/mol. The summed E-state index contributed by atoms with van der Waals surface area (Å²) >= 11 is 1.78. The highest BCUT2D eigenvalue weighted by atomic mass is 32.1. The van der Waals surface area contributed by atoms with Gasteiger partial charge < -0.3 is 4.90 Å². The molecule has 21 heavy (non-hydrogen) atoms. The molecule has 1 aromatic rings. The molecule has 2 atom stereocenters. The molecule has 0 radical (unpaired) electrons. The second-order valence-corrected chi connectivity index (χ2v) is 7.27. The van der Waals surface area contributed by atoms with Crippen LogP contribution in [0.3, 0.4) is 0 Å². The van der Waals surface area contributed by atoms with Crippen molar-refractivity contribution in [1.29, 1.82) is 0 Å². The van der Waals surface area contributed by atoms with E-state index >= 15 is 0 Å². The molecule has 1 amide bonds. The van der Waals surface area contributed by atoms with E-state index in [-0.39, 0.29) is 0 Å². The van der Waals surface area contributed by atoms with Gasteiger partial charge in [-0.15, -0.1) is 11.3 Å². The fourth-order valence-corrected chi connectivity index (χ4v) is 4.71. The first-order valence-corrected chi connectivity index (χ1v) is 9.24. The maximum absolute atomic E-state index is 12.8. The van der Waals surface area contributed by atoms with Gasteiger partial charge in [-0.2, -0.15) is 0 Å². The number of piperidine rings is 1. The minimum absolute atomic E-state index is 0.336. The lowest BCUT2D eigenvalue weighted by atomic mass is 10.00. The number of likely N-dealkylation sites (tertiary alicyclic amines) is 2. The second kappa shape index (κ2) is 6.93. The third-order valence-electron chi connectivity index (χ3n) is 5.00. The summed E-state index contributed by atoms with van der Waals surface area (Å²) in [4.78, 5) is 18.7. The van der Waals surface area contributed by atoms with Crippen LogP contribution in [-0.2, 0) is 4.79 Å². The predicted molar refractivity (Wildman–Crippen MR) is 87.5 cm³/mol. The molecule has 1 aromatic heterocycles. The molecule has 2 aliphatic heterocycles. The van der Waals surface area contributed by atoms with Crippen LogP contribution < -0.4 is 0 Å². The third kappa shape index (κ3) is 3.32. The first-order valence-electron chi connectivity index (χ1n) is 8.36. The molecule has 116 valence electrons. The smallest absolute Gasteiger partial charge is 0.237 e. The summed E-state index contributed by atoms with van der Waals surface area (Å²) in [6.07, 6.45) is 7.28. The Morgan fingerprint density at radius 2 is 2.19 bits per heavy atom. The van der Waals surface area contributed by atoms with Gasteiger partial charge in [0.1, 0.15) is 0 Å². The molecule has 3 nitrogen and oxygen atoms in total. The molecule has 3 heterocycles. The summed E-state index contributed by atoms with van der Waals surface area (Å²) in [5.41, 5.74) is 0. The van der Waals surface area contributed by atoms with Gasteiger partial charge in [-0.25, -0.2) is 0 Å².